The Morgan fingerprint density at radius 2 is 1.94 bits per heavy atom. The van der Waals surface area contributed by atoms with E-state index >= 15 is 0 Å². The molecule has 11 heteroatoms. The number of benzene rings is 2. The van der Waals surface area contributed by atoms with Crippen molar-refractivity contribution in [2.24, 2.45) is 7.05 Å². The Bertz CT molecular complexity index is 1130. The van der Waals surface area contributed by atoms with Crippen molar-refractivity contribution in [1.82, 2.24) is 20.1 Å². The van der Waals surface area contributed by atoms with Crippen molar-refractivity contribution in [2.45, 2.75) is 18.6 Å². The molecule has 160 valence electrons. The summed E-state index contributed by atoms with van der Waals surface area (Å²) in [5.74, 6) is 0.0160. The maximum absolute atomic E-state index is 12.3. The molecule has 0 saturated carbocycles. The fourth-order valence-corrected chi connectivity index (χ4v) is 3.41. The number of hydrogen-bond donors (Lipinski definition) is 2. The first-order chi connectivity index (χ1) is 14.8. The number of nitrogens with one attached hydrogen (secondary N) is 2. The number of rotatable bonds is 8. The Morgan fingerprint density at radius 1 is 1.16 bits per heavy atom. The van der Waals surface area contributed by atoms with Crippen LogP contribution in [-0.2, 0) is 18.4 Å². The molecule has 2 aromatic carbocycles. The van der Waals surface area contributed by atoms with E-state index in [9.17, 15) is 19.7 Å². The summed E-state index contributed by atoms with van der Waals surface area (Å²) in [5.41, 5.74) is 1.75. The second-order valence-electron chi connectivity index (χ2n) is 6.60. The Hall–Kier alpha value is -3.73. The molecule has 0 aliphatic heterocycles. The van der Waals surface area contributed by atoms with E-state index in [1.165, 1.54) is 36.0 Å². The second-order valence-corrected chi connectivity index (χ2v) is 7.54. The van der Waals surface area contributed by atoms with Gasteiger partial charge in [0.15, 0.2) is 11.0 Å². The number of carbonyl (C=O) groups is 2. The summed E-state index contributed by atoms with van der Waals surface area (Å²) in [6.45, 7) is 2.00. The van der Waals surface area contributed by atoms with Gasteiger partial charge in [0.25, 0.3) is 11.6 Å². The topological polar surface area (TPSA) is 132 Å². The normalized spacial score (nSPS) is 10.5. The average Bonchev–Trinajstić information content (AvgIpc) is 3.11. The molecule has 0 radical (unpaired) electrons. The molecule has 1 aromatic heterocycles. The number of anilines is 1. The van der Waals surface area contributed by atoms with Crippen molar-refractivity contribution >= 4 is 35.0 Å². The number of nitro groups is 1. The van der Waals surface area contributed by atoms with Gasteiger partial charge in [-0.05, 0) is 24.6 Å². The lowest BCUT2D eigenvalue weighted by Crippen LogP contribution is -2.24. The molecule has 3 aromatic rings. The van der Waals surface area contributed by atoms with E-state index in [1.807, 2.05) is 31.2 Å². The van der Waals surface area contributed by atoms with Crippen LogP contribution in [0.4, 0.5) is 11.4 Å². The van der Waals surface area contributed by atoms with Crippen LogP contribution in [0.25, 0.3) is 0 Å². The molecule has 0 bridgehead atoms. The van der Waals surface area contributed by atoms with Crippen LogP contribution in [0.3, 0.4) is 0 Å². The number of nitro benzene ring substituents is 1. The fraction of sp³-hybridized carbons (Fsp3) is 0.200. The summed E-state index contributed by atoms with van der Waals surface area (Å²) >= 11 is 1.23. The van der Waals surface area contributed by atoms with E-state index in [2.05, 4.69) is 20.8 Å². The lowest BCUT2D eigenvalue weighted by Gasteiger charge is -2.08. The van der Waals surface area contributed by atoms with Gasteiger partial charge in [0, 0.05) is 30.4 Å². The van der Waals surface area contributed by atoms with Crippen LogP contribution in [0, 0.1) is 17.0 Å². The highest BCUT2D eigenvalue weighted by atomic mass is 32.2. The molecular weight excluding hydrogens is 420 g/mol. The van der Waals surface area contributed by atoms with Crippen LogP contribution in [0.5, 0.6) is 0 Å². The lowest BCUT2D eigenvalue weighted by molar-refractivity contribution is -0.384. The summed E-state index contributed by atoms with van der Waals surface area (Å²) in [5, 5.41) is 25.0. The van der Waals surface area contributed by atoms with Crippen molar-refractivity contribution in [3.8, 4) is 0 Å². The summed E-state index contributed by atoms with van der Waals surface area (Å²) in [6, 6.07) is 13.0. The van der Waals surface area contributed by atoms with Gasteiger partial charge >= 0.3 is 0 Å². The number of aryl methyl sites for hydroxylation is 1. The Morgan fingerprint density at radius 3 is 2.68 bits per heavy atom. The summed E-state index contributed by atoms with van der Waals surface area (Å²) in [6.07, 6.45) is 0. The van der Waals surface area contributed by atoms with Crippen LogP contribution >= 0.6 is 11.8 Å². The van der Waals surface area contributed by atoms with Crippen LogP contribution in [0.1, 0.15) is 21.7 Å². The predicted octanol–water partition coefficient (Wildman–Crippen LogP) is 2.69. The molecular formula is C20H20N6O4S. The highest BCUT2D eigenvalue weighted by molar-refractivity contribution is 7.99. The van der Waals surface area contributed by atoms with Gasteiger partial charge in [0.05, 0.1) is 17.2 Å². The first-order valence-corrected chi connectivity index (χ1v) is 10.2. The molecule has 0 fully saturated rings. The monoisotopic (exact) mass is 440 g/mol. The highest BCUT2D eigenvalue weighted by Crippen LogP contribution is 2.18. The van der Waals surface area contributed by atoms with E-state index < -0.39 is 10.8 Å². The smallest absolute Gasteiger partial charge is 0.270 e. The molecule has 0 atom stereocenters. The Kier molecular flexibility index (Phi) is 6.98. The van der Waals surface area contributed by atoms with E-state index in [0.29, 0.717) is 11.0 Å². The van der Waals surface area contributed by atoms with Crippen LogP contribution < -0.4 is 10.6 Å². The van der Waals surface area contributed by atoms with Crippen molar-refractivity contribution in [3.63, 3.8) is 0 Å². The minimum atomic E-state index is -0.557. The molecule has 0 spiro atoms. The van der Waals surface area contributed by atoms with Gasteiger partial charge in [-0.25, -0.2) is 0 Å². The van der Waals surface area contributed by atoms with Gasteiger partial charge in [-0.1, -0.05) is 36.0 Å². The molecule has 0 saturated heterocycles. The second kappa shape index (κ2) is 9.85. The van der Waals surface area contributed by atoms with Gasteiger partial charge < -0.3 is 15.2 Å². The number of thioether (sulfide) groups is 1. The molecule has 3 rings (SSSR count). The van der Waals surface area contributed by atoms with Crippen molar-refractivity contribution in [2.75, 3.05) is 11.1 Å². The molecule has 0 aliphatic carbocycles. The molecule has 0 aliphatic rings. The zero-order chi connectivity index (χ0) is 22.4. The number of nitrogens with zero attached hydrogens (tertiary/aromatic N) is 4. The third kappa shape index (κ3) is 5.66. The summed E-state index contributed by atoms with van der Waals surface area (Å²) in [4.78, 5) is 34.8. The zero-order valence-electron chi connectivity index (χ0n) is 16.9. The highest BCUT2D eigenvalue weighted by Gasteiger charge is 2.15. The SMILES string of the molecule is Cc1ccccc1NC(=O)CSc1nnc(CNC(=O)c2cccc([N+](=O)[O-])c2)n1C. The van der Waals surface area contributed by atoms with Gasteiger partial charge in [-0.15, -0.1) is 10.2 Å². The van der Waals surface area contributed by atoms with E-state index in [1.54, 1.807) is 11.6 Å². The Labute approximate surface area is 182 Å². The molecule has 0 unspecified atom stereocenters. The standard InChI is InChI=1S/C20H20N6O4S/c1-13-6-3-4-9-16(13)22-18(27)12-31-20-24-23-17(25(20)2)11-21-19(28)14-7-5-8-15(10-14)26(29)30/h3-10H,11-12H2,1-2H3,(H,21,28)(H,22,27). The maximum Gasteiger partial charge on any atom is 0.270 e. The van der Waals surface area contributed by atoms with E-state index in [4.69, 9.17) is 0 Å². The van der Waals surface area contributed by atoms with Crippen LogP contribution in [0.15, 0.2) is 53.7 Å². The number of non-ortho nitro benzene ring substituents is 1. The third-order valence-electron chi connectivity index (χ3n) is 4.40. The number of hydrogen-bond acceptors (Lipinski definition) is 7. The minimum absolute atomic E-state index is 0.0843. The van der Waals surface area contributed by atoms with E-state index in [-0.39, 0.29) is 29.5 Å². The van der Waals surface area contributed by atoms with E-state index in [0.717, 1.165) is 11.3 Å². The minimum Gasteiger partial charge on any atom is -0.345 e. The number of carbonyl (C=O) groups excluding carboxylic acids is 2. The van der Waals surface area contributed by atoms with Crippen molar-refractivity contribution < 1.29 is 14.5 Å². The third-order valence-corrected chi connectivity index (χ3v) is 5.42. The van der Waals surface area contributed by atoms with Gasteiger partial charge in [-0.3, -0.25) is 19.7 Å². The largest absolute Gasteiger partial charge is 0.345 e. The Balaban J connectivity index is 1.54. The fourth-order valence-electron chi connectivity index (χ4n) is 2.68. The lowest BCUT2D eigenvalue weighted by atomic mass is 10.2. The van der Waals surface area contributed by atoms with Crippen LogP contribution in [0.2, 0.25) is 0 Å². The van der Waals surface area contributed by atoms with Gasteiger partial charge in [-0.2, -0.15) is 0 Å². The molecule has 1 heterocycles. The van der Waals surface area contributed by atoms with Crippen LogP contribution in [-0.4, -0.2) is 37.3 Å². The first kappa shape index (κ1) is 22.0. The molecule has 31 heavy (non-hydrogen) atoms. The average molecular weight is 440 g/mol. The molecule has 2 amide bonds. The first-order valence-electron chi connectivity index (χ1n) is 9.24. The quantitative estimate of drug-likeness (QED) is 0.313. The van der Waals surface area contributed by atoms with Crippen molar-refractivity contribution in [3.05, 3.63) is 75.6 Å². The number of para-hydroxylation sites is 1. The number of amides is 2. The number of aromatic nitrogens is 3. The van der Waals surface area contributed by atoms with Crippen molar-refractivity contribution in [1.29, 1.82) is 0 Å². The predicted molar refractivity (Wildman–Crippen MR) is 116 cm³/mol. The summed E-state index contributed by atoms with van der Waals surface area (Å²) < 4.78 is 1.68. The molecule has 2 N–H and O–H groups in total. The van der Waals surface area contributed by atoms with Gasteiger partial charge in [0.2, 0.25) is 5.91 Å². The maximum atomic E-state index is 12.3. The molecule has 10 nitrogen and oxygen atoms in total. The van der Waals surface area contributed by atoms with Gasteiger partial charge in [0.1, 0.15) is 0 Å². The summed E-state index contributed by atoms with van der Waals surface area (Å²) in [7, 11) is 1.73. The zero-order valence-corrected chi connectivity index (χ0v) is 17.7.